The van der Waals surface area contributed by atoms with Gasteiger partial charge in [-0.2, -0.15) is 0 Å². The molecule has 0 aliphatic heterocycles. The van der Waals surface area contributed by atoms with Gasteiger partial charge in [0.1, 0.15) is 6.54 Å². The fourth-order valence-electron chi connectivity index (χ4n) is 2.66. The molecular formula is C19H27ClN2. The SMILES string of the molecule is CCN(CC[N+](C)(C)Cc1ccccc1)c1ccccc1.[Cl-]. The van der Waals surface area contributed by atoms with Crippen molar-refractivity contribution in [3.05, 3.63) is 66.2 Å². The van der Waals surface area contributed by atoms with Gasteiger partial charge in [-0.15, -0.1) is 0 Å². The van der Waals surface area contributed by atoms with Crippen molar-refractivity contribution < 1.29 is 16.9 Å². The molecule has 2 aromatic carbocycles. The lowest BCUT2D eigenvalue weighted by Gasteiger charge is -2.33. The highest BCUT2D eigenvalue weighted by Crippen LogP contribution is 2.14. The molecule has 0 aromatic heterocycles. The Bertz CT molecular complexity index is 526. The van der Waals surface area contributed by atoms with Gasteiger partial charge < -0.3 is 21.8 Å². The highest BCUT2D eigenvalue weighted by Gasteiger charge is 2.17. The third-order valence-electron chi connectivity index (χ3n) is 3.93. The largest absolute Gasteiger partial charge is 1.00 e. The molecule has 0 spiro atoms. The van der Waals surface area contributed by atoms with Crippen LogP contribution in [0.3, 0.4) is 0 Å². The molecule has 3 heteroatoms. The average molecular weight is 319 g/mol. The molecule has 0 saturated carbocycles. The quantitative estimate of drug-likeness (QED) is 0.683. The second kappa shape index (κ2) is 8.82. The summed E-state index contributed by atoms with van der Waals surface area (Å²) < 4.78 is 1.01. The Balaban J connectivity index is 0.00000242. The molecule has 0 heterocycles. The summed E-state index contributed by atoms with van der Waals surface area (Å²) in [6.45, 7) is 6.57. The topological polar surface area (TPSA) is 3.24 Å². The first-order valence-electron chi connectivity index (χ1n) is 7.76. The number of anilines is 1. The molecule has 0 amide bonds. The molecule has 2 aromatic rings. The van der Waals surface area contributed by atoms with E-state index < -0.39 is 0 Å². The van der Waals surface area contributed by atoms with Crippen molar-refractivity contribution >= 4 is 5.69 Å². The second-order valence-electron chi connectivity index (χ2n) is 6.22. The fourth-order valence-corrected chi connectivity index (χ4v) is 2.66. The minimum Gasteiger partial charge on any atom is -1.00 e. The van der Waals surface area contributed by atoms with Crippen LogP contribution in [0.15, 0.2) is 60.7 Å². The van der Waals surface area contributed by atoms with Crippen LogP contribution < -0.4 is 17.3 Å². The van der Waals surface area contributed by atoms with E-state index in [4.69, 9.17) is 0 Å². The van der Waals surface area contributed by atoms with Gasteiger partial charge in [-0.3, -0.25) is 0 Å². The lowest BCUT2D eigenvalue weighted by Crippen LogP contribution is -3.00. The summed E-state index contributed by atoms with van der Waals surface area (Å²) in [5, 5.41) is 0. The number of likely N-dealkylation sites (N-methyl/N-ethyl adjacent to an activating group) is 2. The van der Waals surface area contributed by atoms with Crippen LogP contribution >= 0.6 is 0 Å². The Morgan fingerprint density at radius 3 is 1.95 bits per heavy atom. The minimum atomic E-state index is 0. The van der Waals surface area contributed by atoms with Gasteiger partial charge >= 0.3 is 0 Å². The van der Waals surface area contributed by atoms with E-state index in [1.807, 2.05) is 0 Å². The summed E-state index contributed by atoms with van der Waals surface area (Å²) in [7, 11) is 4.62. The Hall–Kier alpha value is -1.51. The molecule has 0 aliphatic carbocycles. The van der Waals surface area contributed by atoms with E-state index in [1.54, 1.807) is 0 Å². The molecule has 2 rings (SSSR count). The average Bonchev–Trinajstić information content (AvgIpc) is 2.49. The van der Waals surface area contributed by atoms with Crippen LogP contribution in [0.2, 0.25) is 0 Å². The summed E-state index contributed by atoms with van der Waals surface area (Å²) in [6, 6.07) is 21.5. The lowest BCUT2D eigenvalue weighted by atomic mass is 10.2. The van der Waals surface area contributed by atoms with Crippen LogP contribution in [0, 0.1) is 0 Å². The van der Waals surface area contributed by atoms with Crippen LogP contribution in [0.4, 0.5) is 5.69 Å². The predicted octanol–water partition coefficient (Wildman–Crippen LogP) is 0.794. The molecule has 2 nitrogen and oxygen atoms in total. The number of nitrogens with zero attached hydrogens (tertiary/aromatic N) is 2. The van der Waals surface area contributed by atoms with Crippen molar-refractivity contribution in [1.29, 1.82) is 0 Å². The maximum absolute atomic E-state index is 2.45. The van der Waals surface area contributed by atoms with Crippen molar-refractivity contribution in [2.24, 2.45) is 0 Å². The minimum absolute atomic E-state index is 0. The number of halogens is 1. The Morgan fingerprint density at radius 1 is 0.864 bits per heavy atom. The zero-order chi connectivity index (χ0) is 15.1. The molecule has 0 atom stereocenters. The van der Waals surface area contributed by atoms with Gasteiger partial charge in [0.2, 0.25) is 0 Å². The maximum atomic E-state index is 2.45. The Morgan fingerprint density at radius 2 is 1.41 bits per heavy atom. The maximum Gasteiger partial charge on any atom is 0.104 e. The van der Waals surface area contributed by atoms with E-state index in [1.165, 1.54) is 11.3 Å². The standard InChI is InChI=1S/C19H27N2.ClH/c1-4-20(19-13-9-6-10-14-19)15-16-21(2,3)17-18-11-7-5-8-12-18;/h5-14H,4,15-17H2,1-3H3;1H/q+1;/p-1. The van der Waals surface area contributed by atoms with Crippen molar-refractivity contribution in [2.75, 3.05) is 38.6 Å². The van der Waals surface area contributed by atoms with Crippen molar-refractivity contribution in [3.63, 3.8) is 0 Å². The molecule has 0 radical (unpaired) electrons. The van der Waals surface area contributed by atoms with Gasteiger partial charge in [0, 0.05) is 17.8 Å². The highest BCUT2D eigenvalue weighted by molar-refractivity contribution is 5.45. The van der Waals surface area contributed by atoms with Gasteiger partial charge in [0.25, 0.3) is 0 Å². The zero-order valence-corrected chi connectivity index (χ0v) is 14.6. The number of para-hydroxylation sites is 1. The Kier molecular flexibility index (Phi) is 7.43. The molecule has 0 saturated heterocycles. The smallest absolute Gasteiger partial charge is 0.104 e. The van der Waals surface area contributed by atoms with Crippen molar-refractivity contribution in [1.82, 2.24) is 0 Å². The first kappa shape index (κ1) is 18.5. The van der Waals surface area contributed by atoms with E-state index in [0.717, 1.165) is 30.7 Å². The molecule has 0 N–H and O–H groups in total. The van der Waals surface area contributed by atoms with Crippen LogP contribution in [0.25, 0.3) is 0 Å². The summed E-state index contributed by atoms with van der Waals surface area (Å²) in [6.07, 6.45) is 0. The van der Waals surface area contributed by atoms with E-state index >= 15 is 0 Å². The summed E-state index contributed by atoms with van der Waals surface area (Å²) in [5.41, 5.74) is 2.73. The summed E-state index contributed by atoms with van der Waals surface area (Å²) >= 11 is 0. The number of hydrogen-bond acceptors (Lipinski definition) is 1. The zero-order valence-electron chi connectivity index (χ0n) is 13.9. The van der Waals surface area contributed by atoms with Crippen LogP contribution in [0.5, 0.6) is 0 Å². The summed E-state index contributed by atoms with van der Waals surface area (Å²) in [4.78, 5) is 2.45. The molecule has 0 bridgehead atoms. The molecule has 0 unspecified atom stereocenters. The fraction of sp³-hybridized carbons (Fsp3) is 0.368. The highest BCUT2D eigenvalue weighted by atomic mass is 35.5. The molecule has 0 fully saturated rings. The number of hydrogen-bond donors (Lipinski definition) is 0. The van der Waals surface area contributed by atoms with Gasteiger partial charge in [0.15, 0.2) is 0 Å². The number of quaternary nitrogens is 1. The van der Waals surface area contributed by atoms with Crippen LogP contribution in [-0.4, -0.2) is 38.2 Å². The molecule has 22 heavy (non-hydrogen) atoms. The molecule has 0 aliphatic rings. The first-order valence-corrected chi connectivity index (χ1v) is 7.76. The van der Waals surface area contributed by atoms with Crippen LogP contribution in [-0.2, 0) is 6.54 Å². The molecular weight excluding hydrogens is 292 g/mol. The predicted molar refractivity (Wildman–Crippen MR) is 91.5 cm³/mol. The summed E-state index contributed by atoms with van der Waals surface area (Å²) in [5.74, 6) is 0. The van der Waals surface area contributed by atoms with Gasteiger partial charge in [-0.1, -0.05) is 48.5 Å². The number of benzene rings is 2. The Labute approximate surface area is 141 Å². The van der Waals surface area contributed by atoms with Crippen LogP contribution in [0.1, 0.15) is 12.5 Å². The normalized spacial score (nSPS) is 10.9. The van der Waals surface area contributed by atoms with E-state index in [-0.39, 0.29) is 12.4 Å². The molecule has 120 valence electrons. The first-order chi connectivity index (χ1) is 10.1. The van der Waals surface area contributed by atoms with E-state index in [2.05, 4.69) is 86.6 Å². The van der Waals surface area contributed by atoms with Crippen molar-refractivity contribution in [2.45, 2.75) is 13.5 Å². The third-order valence-corrected chi connectivity index (χ3v) is 3.93. The van der Waals surface area contributed by atoms with Gasteiger partial charge in [-0.25, -0.2) is 0 Å². The lowest BCUT2D eigenvalue weighted by molar-refractivity contribution is -0.902. The van der Waals surface area contributed by atoms with E-state index in [0.29, 0.717) is 0 Å². The third kappa shape index (κ3) is 5.70. The van der Waals surface area contributed by atoms with Gasteiger partial charge in [0.05, 0.1) is 27.2 Å². The second-order valence-corrected chi connectivity index (χ2v) is 6.22. The van der Waals surface area contributed by atoms with E-state index in [9.17, 15) is 0 Å². The monoisotopic (exact) mass is 318 g/mol. The number of rotatable bonds is 7. The van der Waals surface area contributed by atoms with Crippen molar-refractivity contribution in [3.8, 4) is 0 Å². The van der Waals surface area contributed by atoms with Gasteiger partial charge in [-0.05, 0) is 19.1 Å².